The molecule has 0 aliphatic heterocycles. The molecule has 0 bridgehead atoms. The quantitative estimate of drug-likeness (QED) is 0.368. The summed E-state index contributed by atoms with van der Waals surface area (Å²) in [6, 6.07) is 12.7. The molecule has 0 unspecified atom stereocenters. The molecule has 0 heterocycles. The van der Waals surface area contributed by atoms with Gasteiger partial charge in [0.25, 0.3) is 0 Å². The lowest BCUT2D eigenvalue weighted by atomic mass is 10.1. The normalized spacial score (nSPS) is 11.2. The van der Waals surface area contributed by atoms with Crippen LogP contribution in [-0.4, -0.2) is 16.4 Å². The fourth-order valence-corrected chi connectivity index (χ4v) is 1.75. The fraction of sp³-hybridized carbons (Fsp3) is 0.125. The van der Waals surface area contributed by atoms with Gasteiger partial charge in [0.05, 0.1) is 0 Å². The van der Waals surface area contributed by atoms with Crippen molar-refractivity contribution in [2.75, 3.05) is 0 Å². The van der Waals surface area contributed by atoms with Crippen molar-refractivity contribution in [3.63, 3.8) is 0 Å². The van der Waals surface area contributed by atoms with Gasteiger partial charge in [-0.1, -0.05) is 4.86 Å². The van der Waals surface area contributed by atoms with Crippen molar-refractivity contribution in [3.8, 4) is 0 Å². The molecule has 0 saturated carbocycles. The van der Waals surface area contributed by atoms with Crippen LogP contribution in [0.3, 0.4) is 0 Å². The second kappa shape index (κ2) is 6.09. The summed E-state index contributed by atoms with van der Waals surface area (Å²) < 4.78 is 0. The summed E-state index contributed by atoms with van der Waals surface area (Å²) in [5.41, 5.74) is 1.89. The van der Waals surface area contributed by atoms with Gasteiger partial charge in [0, 0.05) is 28.4 Å². The van der Waals surface area contributed by atoms with Crippen molar-refractivity contribution < 1.29 is 14.4 Å². The highest BCUT2D eigenvalue weighted by Gasteiger charge is 2.06. The van der Waals surface area contributed by atoms with Crippen LogP contribution in [0.25, 0.3) is 0 Å². The van der Waals surface area contributed by atoms with Gasteiger partial charge in [0.15, 0.2) is 11.6 Å². The van der Waals surface area contributed by atoms with Crippen LogP contribution in [-0.2, 0) is 0 Å². The second-order valence-corrected chi connectivity index (χ2v) is 4.58. The molecule has 2 aromatic rings. The van der Waals surface area contributed by atoms with Crippen molar-refractivity contribution in [3.05, 3.63) is 64.9 Å². The molecular formula is C16H14N2O3. The molecule has 0 aliphatic carbocycles. The van der Waals surface area contributed by atoms with E-state index in [1.54, 1.807) is 36.4 Å². The van der Waals surface area contributed by atoms with Gasteiger partial charge in [-0.25, -0.2) is 0 Å². The number of Topliss-reactive ketones (excluding diaryl/α,β-unsaturated/α-hetero) is 2. The van der Waals surface area contributed by atoms with E-state index in [0.29, 0.717) is 27.4 Å². The summed E-state index contributed by atoms with van der Waals surface area (Å²) in [5.74, 6) is -0.101. The Bertz CT molecular complexity index is 701. The minimum Gasteiger partial charge on any atom is -0.594 e. The van der Waals surface area contributed by atoms with E-state index in [4.69, 9.17) is 0 Å². The summed E-state index contributed by atoms with van der Waals surface area (Å²) in [5, 5.41) is 15.8. The van der Waals surface area contributed by atoms with Gasteiger partial charge in [-0.3, -0.25) is 9.59 Å². The second-order valence-electron chi connectivity index (χ2n) is 4.58. The standard InChI is InChI=1S/C16H14N2O3/c1-11(19)13-3-7-15(8-4-13)17-18(21)16-9-5-14(6-10-16)12(2)20/h3-10H,1-2H3. The summed E-state index contributed by atoms with van der Waals surface area (Å²) >= 11 is 0. The number of carbonyl (C=O) groups excluding carboxylic acids is 2. The molecule has 0 amide bonds. The summed E-state index contributed by atoms with van der Waals surface area (Å²) in [6.45, 7) is 2.94. The van der Waals surface area contributed by atoms with Crippen molar-refractivity contribution >= 4 is 22.9 Å². The Kier molecular flexibility index (Phi) is 4.23. The molecule has 0 aromatic heterocycles. The maximum Gasteiger partial charge on any atom is 0.244 e. The molecule has 0 N–H and O–H groups in total. The zero-order valence-corrected chi connectivity index (χ0v) is 11.7. The third-order valence-corrected chi connectivity index (χ3v) is 2.97. The number of nitrogens with zero attached hydrogens (tertiary/aromatic N) is 2. The minimum atomic E-state index is -0.0595. The predicted molar refractivity (Wildman–Crippen MR) is 78.3 cm³/mol. The summed E-state index contributed by atoms with van der Waals surface area (Å²) in [6.07, 6.45) is 0. The molecule has 2 aromatic carbocycles. The van der Waals surface area contributed by atoms with Crippen LogP contribution < -0.4 is 0 Å². The predicted octanol–water partition coefficient (Wildman–Crippen LogP) is 4.02. The first-order valence-corrected chi connectivity index (χ1v) is 6.38. The molecule has 0 atom stereocenters. The number of rotatable bonds is 4. The first-order valence-electron chi connectivity index (χ1n) is 6.38. The molecule has 0 radical (unpaired) electrons. The highest BCUT2D eigenvalue weighted by Crippen LogP contribution is 2.19. The SMILES string of the molecule is CC(=O)c1ccc(N=[N+]([O-])c2ccc(C(C)=O)cc2)cc1. The van der Waals surface area contributed by atoms with E-state index in [9.17, 15) is 14.8 Å². The molecule has 5 nitrogen and oxygen atoms in total. The Labute approximate surface area is 122 Å². The van der Waals surface area contributed by atoms with E-state index in [1.807, 2.05) is 0 Å². The molecule has 0 spiro atoms. The lowest BCUT2D eigenvalue weighted by Gasteiger charge is -2.01. The van der Waals surface area contributed by atoms with Gasteiger partial charge >= 0.3 is 0 Å². The molecule has 2 rings (SSSR count). The van der Waals surface area contributed by atoms with Crippen LogP contribution in [0.5, 0.6) is 0 Å². The molecule has 0 saturated heterocycles. The van der Waals surface area contributed by atoms with Crippen LogP contribution >= 0.6 is 0 Å². The average Bonchev–Trinajstić information content (AvgIpc) is 2.47. The summed E-state index contributed by atoms with van der Waals surface area (Å²) in [7, 11) is 0. The van der Waals surface area contributed by atoms with E-state index in [1.165, 1.54) is 26.0 Å². The minimum absolute atomic E-state index is 0.0413. The van der Waals surface area contributed by atoms with Crippen molar-refractivity contribution in [2.45, 2.75) is 13.8 Å². The molecule has 21 heavy (non-hydrogen) atoms. The number of hydrogen-bond acceptors (Lipinski definition) is 4. The number of ketones is 2. The Morgan fingerprint density at radius 2 is 1.29 bits per heavy atom. The van der Waals surface area contributed by atoms with Crippen LogP contribution in [0.15, 0.2) is 53.6 Å². The Morgan fingerprint density at radius 3 is 1.71 bits per heavy atom. The molecule has 0 fully saturated rings. The third-order valence-electron chi connectivity index (χ3n) is 2.97. The van der Waals surface area contributed by atoms with Crippen molar-refractivity contribution in [1.82, 2.24) is 0 Å². The zero-order chi connectivity index (χ0) is 15.4. The first kappa shape index (κ1) is 14.6. The van der Waals surface area contributed by atoms with Crippen LogP contribution in [0, 0.1) is 5.21 Å². The zero-order valence-electron chi connectivity index (χ0n) is 11.7. The maximum atomic E-state index is 11.9. The van der Waals surface area contributed by atoms with Crippen LogP contribution in [0.1, 0.15) is 34.6 Å². The Morgan fingerprint density at radius 1 is 0.857 bits per heavy atom. The smallest absolute Gasteiger partial charge is 0.244 e. The number of hydrogen-bond donors (Lipinski definition) is 0. The van der Waals surface area contributed by atoms with Crippen LogP contribution in [0.4, 0.5) is 11.4 Å². The van der Waals surface area contributed by atoms with Crippen molar-refractivity contribution in [2.24, 2.45) is 5.11 Å². The number of carbonyl (C=O) groups is 2. The van der Waals surface area contributed by atoms with Gasteiger partial charge in [0.1, 0.15) is 5.69 Å². The Hall–Kier alpha value is -2.82. The van der Waals surface area contributed by atoms with Gasteiger partial charge in [0.2, 0.25) is 5.69 Å². The first-order chi connectivity index (χ1) is 9.97. The molecule has 5 heteroatoms. The number of benzene rings is 2. The highest BCUT2D eigenvalue weighted by molar-refractivity contribution is 5.94. The highest BCUT2D eigenvalue weighted by atomic mass is 16.5. The van der Waals surface area contributed by atoms with E-state index in [0.717, 1.165) is 0 Å². The van der Waals surface area contributed by atoms with Crippen molar-refractivity contribution in [1.29, 1.82) is 0 Å². The van der Waals surface area contributed by atoms with Gasteiger partial charge in [-0.05, 0) is 50.2 Å². The van der Waals surface area contributed by atoms with E-state index in [-0.39, 0.29) is 11.6 Å². The molecule has 0 aliphatic rings. The monoisotopic (exact) mass is 282 g/mol. The van der Waals surface area contributed by atoms with E-state index >= 15 is 0 Å². The van der Waals surface area contributed by atoms with Gasteiger partial charge in [-0.2, -0.15) is 0 Å². The van der Waals surface area contributed by atoms with Crippen LogP contribution in [0.2, 0.25) is 0 Å². The lowest BCUT2D eigenvalue weighted by Crippen LogP contribution is -1.94. The lowest BCUT2D eigenvalue weighted by molar-refractivity contribution is -0.435. The molecule has 106 valence electrons. The Balaban J connectivity index is 2.23. The third kappa shape index (κ3) is 3.60. The largest absolute Gasteiger partial charge is 0.594 e. The fourth-order valence-electron chi connectivity index (χ4n) is 1.75. The van der Waals surface area contributed by atoms with Gasteiger partial charge < -0.3 is 5.21 Å². The van der Waals surface area contributed by atoms with Gasteiger partial charge in [-0.15, -0.1) is 0 Å². The molecular weight excluding hydrogens is 268 g/mol. The number of azo groups is 1. The summed E-state index contributed by atoms with van der Waals surface area (Å²) in [4.78, 5) is 22.8. The topological polar surface area (TPSA) is 72.6 Å². The maximum absolute atomic E-state index is 11.9. The van der Waals surface area contributed by atoms with E-state index < -0.39 is 0 Å². The average molecular weight is 282 g/mol. The van der Waals surface area contributed by atoms with E-state index in [2.05, 4.69) is 5.11 Å².